The number of pyridine rings is 1. The molecule has 0 bridgehead atoms. The molecule has 0 fully saturated rings. The summed E-state index contributed by atoms with van der Waals surface area (Å²) in [5.41, 5.74) is 4.70. The molecule has 1 heterocycles. The second kappa shape index (κ2) is 4.56. The van der Waals surface area contributed by atoms with Crippen LogP contribution >= 0.6 is 7.82 Å². The highest BCUT2D eigenvalue weighted by Crippen LogP contribution is 2.44. The van der Waals surface area contributed by atoms with Gasteiger partial charge in [0.15, 0.2) is 6.23 Å². The number of rotatable bonds is 4. The van der Waals surface area contributed by atoms with Crippen molar-refractivity contribution < 1.29 is 29.1 Å². The number of nitrogens with two attached hydrogens (primary N) is 1. The average molecular weight is 250 g/mol. The molecule has 0 spiro atoms. The van der Waals surface area contributed by atoms with E-state index in [9.17, 15) is 9.67 Å². The molecule has 0 amide bonds. The van der Waals surface area contributed by atoms with Gasteiger partial charge in [0, 0.05) is 6.20 Å². The van der Waals surface area contributed by atoms with Gasteiger partial charge in [-0.15, -0.1) is 0 Å². The maximum Gasteiger partial charge on any atom is 0.472 e. The quantitative estimate of drug-likeness (QED) is 0.324. The first-order valence-corrected chi connectivity index (χ1v) is 5.62. The molecule has 1 aromatic heterocycles. The molecule has 8 nitrogen and oxygen atoms in total. The Hall–Kier alpha value is -0.860. The summed E-state index contributed by atoms with van der Waals surface area (Å²) >= 11 is 0. The van der Waals surface area contributed by atoms with Crippen molar-refractivity contribution in [3.8, 4) is 0 Å². The van der Waals surface area contributed by atoms with E-state index in [1.807, 2.05) is 0 Å². The van der Waals surface area contributed by atoms with E-state index < -0.39 is 19.8 Å². The van der Waals surface area contributed by atoms with Gasteiger partial charge in [0.1, 0.15) is 5.69 Å². The minimum atomic E-state index is -5.04. The number of aliphatic hydroxyl groups excluding tert-OH is 1. The van der Waals surface area contributed by atoms with Crippen LogP contribution in [0.5, 0.6) is 0 Å². The van der Waals surface area contributed by atoms with E-state index >= 15 is 0 Å². The molecule has 0 saturated heterocycles. The highest BCUT2D eigenvalue weighted by molar-refractivity contribution is 7.46. The summed E-state index contributed by atoms with van der Waals surface area (Å²) in [6.45, 7) is 0. The zero-order chi connectivity index (χ0) is 12.4. The van der Waals surface area contributed by atoms with Gasteiger partial charge in [0.25, 0.3) is 5.79 Å². The molecule has 0 radical (unpaired) electrons. The van der Waals surface area contributed by atoms with Gasteiger partial charge in [-0.1, -0.05) is 6.07 Å². The van der Waals surface area contributed by atoms with E-state index in [1.54, 1.807) is 0 Å². The van der Waals surface area contributed by atoms with E-state index in [2.05, 4.69) is 9.51 Å². The number of aromatic nitrogens is 1. The Morgan fingerprint density at radius 2 is 2.12 bits per heavy atom. The van der Waals surface area contributed by atoms with Crippen molar-refractivity contribution >= 4 is 7.82 Å². The second-order valence-electron chi connectivity index (χ2n) is 2.94. The van der Waals surface area contributed by atoms with Gasteiger partial charge in [-0.3, -0.25) is 4.98 Å². The molecule has 0 aliphatic carbocycles. The van der Waals surface area contributed by atoms with Crippen molar-refractivity contribution in [3.63, 3.8) is 0 Å². The first kappa shape index (κ1) is 13.2. The third kappa shape index (κ3) is 3.06. The molecule has 16 heavy (non-hydrogen) atoms. The van der Waals surface area contributed by atoms with Gasteiger partial charge in [0.05, 0.1) is 0 Å². The number of aliphatic hydroxyl groups is 2. The zero-order valence-corrected chi connectivity index (χ0v) is 8.86. The van der Waals surface area contributed by atoms with Crippen LogP contribution in [0.1, 0.15) is 5.69 Å². The molecule has 2 atom stereocenters. The van der Waals surface area contributed by atoms with Gasteiger partial charge in [-0.25, -0.2) is 9.09 Å². The van der Waals surface area contributed by atoms with Crippen molar-refractivity contribution in [2.45, 2.75) is 12.0 Å². The predicted octanol–water partition coefficient (Wildman–Crippen LogP) is -1.39. The summed E-state index contributed by atoms with van der Waals surface area (Å²) in [5.74, 6) is -2.76. The third-order valence-electron chi connectivity index (χ3n) is 1.69. The molecule has 2 unspecified atom stereocenters. The maximum absolute atomic E-state index is 10.6. The highest BCUT2D eigenvalue weighted by Gasteiger charge is 2.44. The fraction of sp³-hybridized carbons (Fsp3) is 0.286. The summed E-state index contributed by atoms with van der Waals surface area (Å²) in [6, 6.07) is 4.13. The molecule has 0 aliphatic heterocycles. The number of hydrogen-bond acceptors (Lipinski definition) is 6. The standard InChI is InChI=1S/C7H11N2O6P/c8-6(10)7(11,15-16(12,13)14)5-3-1-2-4-9-5/h1-4,6,10-11H,8H2,(H2,12,13,14). The van der Waals surface area contributed by atoms with Crippen LogP contribution in [-0.2, 0) is 14.9 Å². The lowest BCUT2D eigenvalue weighted by Crippen LogP contribution is -2.47. The van der Waals surface area contributed by atoms with E-state index in [0.717, 1.165) is 0 Å². The van der Waals surface area contributed by atoms with Crippen LogP contribution < -0.4 is 5.73 Å². The topological polar surface area (TPSA) is 146 Å². The Kier molecular flexibility index (Phi) is 3.76. The number of hydrogen-bond donors (Lipinski definition) is 5. The molecule has 1 rings (SSSR count). The van der Waals surface area contributed by atoms with Crippen LogP contribution in [0.15, 0.2) is 24.4 Å². The number of phosphoric acid groups is 1. The van der Waals surface area contributed by atoms with Crippen LogP contribution in [0.4, 0.5) is 0 Å². The molecular weight excluding hydrogens is 239 g/mol. The molecule has 0 aliphatic rings. The molecule has 0 saturated carbocycles. The zero-order valence-electron chi connectivity index (χ0n) is 7.96. The van der Waals surface area contributed by atoms with E-state index in [-0.39, 0.29) is 5.69 Å². The van der Waals surface area contributed by atoms with Crippen LogP contribution in [0.2, 0.25) is 0 Å². The van der Waals surface area contributed by atoms with Crippen molar-refractivity contribution in [2.75, 3.05) is 0 Å². The largest absolute Gasteiger partial charge is 0.472 e. The highest BCUT2D eigenvalue weighted by atomic mass is 31.2. The molecule has 90 valence electrons. The Bertz CT molecular complexity index is 393. The summed E-state index contributed by atoms with van der Waals surface area (Å²) < 4.78 is 14.7. The molecule has 6 N–H and O–H groups in total. The lowest BCUT2D eigenvalue weighted by Gasteiger charge is -2.29. The van der Waals surface area contributed by atoms with E-state index in [4.69, 9.17) is 20.6 Å². The minimum Gasteiger partial charge on any atom is -0.373 e. The summed E-state index contributed by atoms with van der Waals surface area (Å²) in [7, 11) is -5.04. The number of phosphoric ester groups is 1. The van der Waals surface area contributed by atoms with Crippen molar-refractivity contribution in [1.82, 2.24) is 4.98 Å². The minimum absolute atomic E-state index is 0.312. The maximum atomic E-state index is 10.6. The fourth-order valence-corrected chi connectivity index (χ4v) is 1.57. The van der Waals surface area contributed by atoms with Gasteiger partial charge in [0.2, 0.25) is 0 Å². The summed E-state index contributed by atoms with van der Waals surface area (Å²) in [6.07, 6.45) is -0.818. The van der Waals surface area contributed by atoms with Crippen LogP contribution in [0, 0.1) is 0 Å². The Labute approximate surface area is 90.6 Å². The molecular formula is C7H11N2O6P. The van der Waals surface area contributed by atoms with Crippen LogP contribution in [-0.4, -0.2) is 31.2 Å². The average Bonchev–Trinajstić information content (AvgIpc) is 2.16. The smallest absolute Gasteiger partial charge is 0.373 e. The third-order valence-corrected chi connectivity index (χ3v) is 2.21. The lowest BCUT2D eigenvalue weighted by molar-refractivity contribution is -0.223. The van der Waals surface area contributed by atoms with Crippen molar-refractivity contribution in [3.05, 3.63) is 30.1 Å². The van der Waals surface area contributed by atoms with Crippen molar-refractivity contribution in [2.24, 2.45) is 5.73 Å². The molecule has 1 aromatic rings. The second-order valence-corrected chi connectivity index (χ2v) is 4.10. The van der Waals surface area contributed by atoms with Gasteiger partial charge < -0.3 is 25.7 Å². The van der Waals surface area contributed by atoms with E-state index in [0.29, 0.717) is 0 Å². The number of nitrogens with zero attached hydrogens (tertiary/aromatic N) is 1. The first-order valence-electron chi connectivity index (χ1n) is 4.09. The van der Waals surface area contributed by atoms with Crippen molar-refractivity contribution in [1.29, 1.82) is 0 Å². The first-order chi connectivity index (χ1) is 7.26. The Morgan fingerprint density at radius 1 is 1.50 bits per heavy atom. The van der Waals surface area contributed by atoms with Crippen LogP contribution in [0.3, 0.4) is 0 Å². The summed E-state index contributed by atoms with van der Waals surface area (Å²) in [4.78, 5) is 20.8. The lowest BCUT2D eigenvalue weighted by atomic mass is 10.1. The normalized spacial score (nSPS) is 17.8. The van der Waals surface area contributed by atoms with Gasteiger partial charge in [-0.05, 0) is 12.1 Å². The SMILES string of the molecule is NC(O)C(O)(OP(=O)(O)O)c1ccccn1. The van der Waals surface area contributed by atoms with Gasteiger partial charge in [-0.2, -0.15) is 0 Å². The Balaban J connectivity index is 3.13. The summed E-state index contributed by atoms with van der Waals surface area (Å²) in [5, 5.41) is 18.9. The Morgan fingerprint density at radius 3 is 2.50 bits per heavy atom. The fourth-order valence-electron chi connectivity index (χ4n) is 1.01. The van der Waals surface area contributed by atoms with E-state index in [1.165, 1.54) is 24.4 Å². The molecule has 0 aromatic carbocycles. The predicted molar refractivity (Wildman–Crippen MR) is 51.5 cm³/mol. The van der Waals surface area contributed by atoms with Crippen LogP contribution in [0.25, 0.3) is 0 Å². The monoisotopic (exact) mass is 250 g/mol. The van der Waals surface area contributed by atoms with Gasteiger partial charge >= 0.3 is 7.82 Å². The molecule has 9 heteroatoms.